The third-order valence-corrected chi connectivity index (χ3v) is 5.70. The van der Waals surface area contributed by atoms with Crippen molar-refractivity contribution in [3.05, 3.63) is 65.6 Å². The van der Waals surface area contributed by atoms with E-state index in [0.29, 0.717) is 17.1 Å². The van der Waals surface area contributed by atoms with E-state index < -0.39 is 0 Å². The van der Waals surface area contributed by atoms with E-state index in [-0.39, 0.29) is 5.82 Å². The van der Waals surface area contributed by atoms with Gasteiger partial charge in [0.25, 0.3) is 0 Å². The minimum absolute atomic E-state index is 0.327. The van der Waals surface area contributed by atoms with Crippen molar-refractivity contribution in [2.45, 2.75) is 19.9 Å². The fraction of sp³-hybridized carbons (Fsp3) is 0.174. The van der Waals surface area contributed by atoms with Gasteiger partial charge in [0.05, 0.1) is 39.5 Å². The Bertz CT molecular complexity index is 1440. The first-order chi connectivity index (χ1) is 15.7. The third-order valence-electron chi connectivity index (χ3n) is 5.70. The monoisotopic (exact) mass is 426 g/mol. The molecule has 0 aliphatic carbocycles. The van der Waals surface area contributed by atoms with E-state index in [0.717, 1.165) is 64.6 Å². The fourth-order valence-electron chi connectivity index (χ4n) is 4.00. The van der Waals surface area contributed by atoms with Gasteiger partial charge in [-0.15, -0.1) is 0 Å². The summed E-state index contributed by atoms with van der Waals surface area (Å²) < 4.78 is 13.7. The van der Waals surface area contributed by atoms with Crippen molar-refractivity contribution >= 4 is 11.0 Å². The van der Waals surface area contributed by atoms with Gasteiger partial charge in [0.15, 0.2) is 0 Å². The number of hydrogen-bond donors (Lipinski definition) is 3. The number of nitrogens with one attached hydrogen (secondary N) is 3. The minimum atomic E-state index is -0.344. The Kier molecular flexibility index (Phi) is 4.29. The molecule has 0 spiro atoms. The van der Waals surface area contributed by atoms with Crippen LogP contribution in [0.3, 0.4) is 0 Å². The molecule has 0 saturated carbocycles. The molecule has 1 aliphatic heterocycles. The summed E-state index contributed by atoms with van der Waals surface area (Å²) in [4.78, 5) is 21.9. The fourth-order valence-corrected chi connectivity index (χ4v) is 4.00. The predicted octanol–water partition coefficient (Wildman–Crippen LogP) is 3.57. The molecule has 5 aromatic rings. The van der Waals surface area contributed by atoms with Gasteiger partial charge in [-0.05, 0) is 37.3 Å². The molecule has 0 aromatic carbocycles. The second-order valence-corrected chi connectivity index (χ2v) is 7.81. The van der Waals surface area contributed by atoms with Crippen LogP contribution in [0.2, 0.25) is 0 Å². The second-order valence-electron chi connectivity index (χ2n) is 7.81. The molecule has 0 radical (unpaired) electrons. The lowest BCUT2D eigenvalue weighted by molar-refractivity contribution is 0.610. The topological polar surface area (TPSA) is 108 Å². The number of aromatic amines is 2. The highest BCUT2D eigenvalue weighted by atomic mass is 19.1. The molecule has 32 heavy (non-hydrogen) atoms. The van der Waals surface area contributed by atoms with Crippen LogP contribution >= 0.6 is 0 Å². The highest BCUT2D eigenvalue weighted by Crippen LogP contribution is 2.30. The lowest BCUT2D eigenvalue weighted by Gasteiger charge is -2.09. The molecule has 158 valence electrons. The Morgan fingerprint density at radius 1 is 1.00 bits per heavy atom. The molecule has 3 N–H and O–H groups in total. The molecule has 0 amide bonds. The summed E-state index contributed by atoms with van der Waals surface area (Å²) in [6.07, 6.45) is 4.50. The zero-order chi connectivity index (χ0) is 21.7. The van der Waals surface area contributed by atoms with Crippen LogP contribution < -0.4 is 5.32 Å². The molecule has 5 aromatic heterocycles. The normalized spacial score (nSPS) is 13.4. The standard InChI is InChI=1S/C23H19FN8/c1-12-15(24)2-3-19(28-12)22-14(10-27-32-22)16-4-5-17-20(29-16)8-13(9-26-17)23-30-18-6-7-25-11-21(18)31-23/h2-5,8-10,25H,6-7,11H2,1H3,(H,27,32)(H,30,31). The molecule has 0 unspecified atom stereocenters. The van der Waals surface area contributed by atoms with E-state index in [4.69, 9.17) is 9.97 Å². The molecule has 6 heterocycles. The number of nitrogens with zero attached hydrogens (tertiary/aromatic N) is 5. The van der Waals surface area contributed by atoms with Gasteiger partial charge >= 0.3 is 0 Å². The molecular weight excluding hydrogens is 407 g/mol. The first kappa shape index (κ1) is 18.8. The van der Waals surface area contributed by atoms with Crippen molar-refractivity contribution in [1.82, 2.24) is 40.4 Å². The lowest BCUT2D eigenvalue weighted by Crippen LogP contribution is -2.23. The quantitative estimate of drug-likeness (QED) is 0.407. The Hall–Kier alpha value is -3.98. The minimum Gasteiger partial charge on any atom is -0.341 e. The third kappa shape index (κ3) is 3.14. The largest absolute Gasteiger partial charge is 0.341 e. The SMILES string of the molecule is Cc1nc(-c2n[nH]cc2-c2ccc3ncc(-c4nc5c([nH]4)CNCC5)cc3n2)ccc1F. The molecule has 0 saturated heterocycles. The molecule has 1 aliphatic rings. The van der Waals surface area contributed by atoms with Gasteiger partial charge in [0.1, 0.15) is 17.3 Å². The number of aryl methyl sites for hydroxylation is 1. The highest BCUT2D eigenvalue weighted by Gasteiger charge is 2.17. The summed E-state index contributed by atoms with van der Waals surface area (Å²) in [5.74, 6) is 0.457. The van der Waals surface area contributed by atoms with Crippen molar-refractivity contribution in [2.75, 3.05) is 6.54 Å². The summed E-state index contributed by atoms with van der Waals surface area (Å²) >= 11 is 0. The second kappa shape index (κ2) is 7.31. The van der Waals surface area contributed by atoms with E-state index in [1.165, 1.54) is 6.07 Å². The smallest absolute Gasteiger partial charge is 0.144 e. The van der Waals surface area contributed by atoms with Crippen LogP contribution in [0.25, 0.3) is 45.1 Å². The summed E-state index contributed by atoms with van der Waals surface area (Å²) in [5.41, 5.74) is 7.71. The zero-order valence-electron chi connectivity index (χ0n) is 17.3. The van der Waals surface area contributed by atoms with Crippen LogP contribution in [0.1, 0.15) is 17.1 Å². The maximum absolute atomic E-state index is 13.7. The average Bonchev–Trinajstić information content (AvgIpc) is 3.47. The van der Waals surface area contributed by atoms with Crippen molar-refractivity contribution in [3.63, 3.8) is 0 Å². The first-order valence-electron chi connectivity index (χ1n) is 10.4. The maximum Gasteiger partial charge on any atom is 0.144 e. The Labute approximate surface area is 182 Å². The summed E-state index contributed by atoms with van der Waals surface area (Å²) in [6, 6.07) is 8.84. The van der Waals surface area contributed by atoms with Gasteiger partial charge in [0, 0.05) is 43.0 Å². The van der Waals surface area contributed by atoms with Crippen LogP contribution in [0.5, 0.6) is 0 Å². The van der Waals surface area contributed by atoms with Crippen LogP contribution in [-0.2, 0) is 13.0 Å². The number of pyridine rings is 3. The lowest BCUT2D eigenvalue weighted by atomic mass is 10.1. The van der Waals surface area contributed by atoms with E-state index in [2.05, 4.69) is 30.5 Å². The van der Waals surface area contributed by atoms with Gasteiger partial charge in [-0.3, -0.25) is 10.1 Å². The van der Waals surface area contributed by atoms with Gasteiger partial charge in [0.2, 0.25) is 0 Å². The number of H-pyrrole nitrogens is 2. The number of halogens is 1. The van der Waals surface area contributed by atoms with Crippen molar-refractivity contribution in [3.8, 4) is 34.0 Å². The average molecular weight is 426 g/mol. The van der Waals surface area contributed by atoms with E-state index in [9.17, 15) is 4.39 Å². The van der Waals surface area contributed by atoms with Crippen molar-refractivity contribution in [1.29, 1.82) is 0 Å². The number of rotatable bonds is 3. The maximum atomic E-state index is 13.7. The Morgan fingerprint density at radius 2 is 1.91 bits per heavy atom. The Balaban J connectivity index is 1.42. The number of fused-ring (bicyclic) bond motifs is 2. The molecule has 8 nitrogen and oxygen atoms in total. The molecular formula is C23H19FN8. The van der Waals surface area contributed by atoms with Gasteiger partial charge in [-0.25, -0.2) is 19.3 Å². The summed E-state index contributed by atoms with van der Waals surface area (Å²) in [7, 11) is 0. The van der Waals surface area contributed by atoms with Crippen LogP contribution in [0.15, 0.2) is 42.7 Å². The van der Waals surface area contributed by atoms with E-state index in [1.807, 2.05) is 24.4 Å². The van der Waals surface area contributed by atoms with E-state index in [1.54, 1.807) is 19.2 Å². The molecule has 0 bridgehead atoms. The number of imidazole rings is 1. The van der Waals surface area contributed by atoms with Crippen molar-refractivity contribution in [2.24, 2.45) is 0 Å². The summed E-state index contributed by atoms with van der Waals surface area (Å²) in [5, 5.41) is 10.6. The Morgan fingerprint density at radius 3 is 2.78 bits per heavy atom. The van der Waals surface area contributed by atoms with Crippen molar-refractivity contribution < 1.29 is 4.39 Å². The van der Waals surface area contributed by atoms with Crippen LogP contribution in [0.4, 0.5) is 4.39 Å². The number of hydrogen-bond acceptors (Lipinski definition) is 6. The van der Waals surface area contributed by atoms with Gasteiger partial charge in [-0.2, -0.15) is 5.10 Å². The summed E-state index contributed by atoms with van der Waals surface area (Å²) in [6.45, 7) is 3.37. The zero-order valence-corrected chi connectivity index (χ0v) is 17.3. The number of aromatic nitrogens is 7. The van der Waals surface area contributed by atoms with Gasteiger partial charge < -0.3 is 10.3 Å². The molecule has 9 heteroatoms. The van der Waals surface area contributed by atoms with Gasteiger partial charge in [-0.1, -0.05) is 0 Å². The van der Waals surface area contributed by atoms with E-state index >= 15 is 0 Å². The molecule has 0 fully saturated rings. The highest BCUT2D eigenvalue weighted by molar-refractivity contribution is 5.84. The van der Waals surface area contributed by atoms with Crippen LogP contribution in [0, 0.1) is 12.7 Å². The molecule has 0 atom stereocenters. The van der Waals surface area contributed by atoms with Crippen LogP contribution in [-0.4, -0.2) is 41.7 Å². The first-order valence-corrected chi connectivity index (χ1v) is 10.4. The molecule has 6 rings (SSSR count). The predicted molar refractivity (Wildman–Crippen MR) is 118 cm³/mol.